The van der Waals surface area contributed by atoms with Gasteiger partial charge in [-0.05, 0) is 35.6 Å². The number of halogens is 1. The van der Waals surface area contributed by atoms with Crippen LogP contribution in [-0.4, -0.2) is 9.55 Å². The second-order valence-corrected chi connectivity index (χ2v) is 4.22. The summed E-state index contributed by atoms with van der Waals surface area (Å²) in [6, 6.07) is 6.65. The van der Waals surface area contributed by atoms with Gasteiger partial charge in [0.05, 0.1) is 5.69 Å². The van der Waals surface area contributed by atoms with Gasteiger partial charge < -0.3 is 5.73 Å². The Morgan fingerprint density at radius 1 is 1.44 bits per heavy atom. The maximum Gasteiger partial charge on any atom is 0.283 e. The third-order valence-corrected chi connectivity index (χ3v) is 2.80. The average molecular weight is 283 g/mol. The predicted octanol–water partition coefficient (Wildman–Crippen LogP) is 2.53. The highest BCUT2D eigenvalue weighted by molar-refractivity contribution is 7.71. The van der Waals surface area contributed by atoms with Crippen molar-refractivity contribution in [3.05, 3.63) is 49.3 Å². The number of H-pyrrole nitrogens is 1. The van der Waals surface area contributed by atoms with Crippen molar-refractivity contribution in [1.29, 1.82) is 0 Å². The zero-order valence-electron chi connectivity index (χ0n) is 8.88. The number of hydrogen-bond donors (Lipinski definition) is 2. The van der Waals surface area contributed by atoms with E-state index in [1.165, 1.54) is 4.57 Å². The van der Waals surface area contributed by atoms with Gasteiger partial charge in [-0.1, -0.05) is 17.7 Å². The molecule has 0 bridgehead atoms. The molecule has 2 rings (SSSR count). The van der Waals surface area contributed by atoms with Crippen LogP contribution in [0.25, 0.3) is 5.69 Å². The number of nitrogens with zero attached hydrogens (tertiary/aromatic N) is 2. The van der Waals surface area contributed by atoms with Crippen molar-refractivity contribution in [1.82, 2.24) is 9.55 Å². The van der Waals surface area contributed by atoms with Crippen molar-refractivity contribution in [2.75, 3.05) is 5.73 Å². The van der Waals surface area contributed by atoms with Crippen LogP contribution in [0.1, 0.15) is 0 Å². The van der Waals surface area contributed by atoms with E-state index < -0.39 is 11.2 Å². The highest BCUT2D eigenvalue weighted by atomic mass is 35.5. The molecule has 92 valence electrons. The molecule has 18 heavy (non-hydrogen) atoms. The summed E-state index contributed by atoms with van der Waals surface area (Å²) in [7, 11) is 0. The van der Waals surface area contributed by atoms with E-state index in [4.69, 9.17) is 29.6 Å². The molecule has 1 aromatic heterocycles. The molecule has 0 radical (unpaired) electrons. The van der Waals surface area contributed by atoms with Crippen LogP contribution < -0.4 is 11.3 Å². The minimum absolute atomic E-state index is 0.0622. The molecule has 0 unspecified atom stereocenters. The smallest absolute Gasteiger partial charge is 0.283 e. The maximum atomic E-state index is 11.4. The number of nitrogens with two attached hydrogens (primary N) is 1. The molecule has 0 aliphatic rings. The van der Waals surface area contributed by atoms with E-state index in [0.29, 0.717) is 10.7 Å². The minimum atomic E-state index is -0.717. The van der Waals surface area contributed by atoms with E-state index in [9.17, 15) is 9.70 Å². The molecule has 1 aromatic carbocycles. The number of anilines is 1. The van der Waals surface area contributed by atoms with Crippen LogP contribution in [0, 0.1) is 9.68 Å². The third-order valence-electron chi connectivity index (χ3n) is 2.28. The monoisotopic (exact) mass is 282 g/mol. The summed E-state index contributed by atoms with van der Waals surface area (Å²) < 4.78 is 1.38. The highest BCUT2D eigenvalue weighted by Gasteiger charge is 2.12. The molecular formula is C10H7ClN4O2S. The first-order valence-electron chi connectivity index (χ1n) is 4.78. The summed E-state index contributed by atoms with van der Waals surface area (Å²) in [4.78, 5) is 24.3. The Labute approximate surface area is 111 Å². The lowest BCUT2D eigenvalue weighted by Gasteiger charge is -2.11. The molecular weight excluding hydrogens is 276 g/mol. The fourth-order valence-electron chi connectivity index (χ4n) is 1.50. The molecule has 1 heterocycles. The maximum absolute atomic E-state index is 11.4. The molecule has 6 nitrogen and oxygen atoms in total. The van der Waals surface area contributed by atoms with Gasteiger partial charge in [0.15, 0.2) is 4.77 Å². The standard InChI is InChI=1S/C10H7ClN4O2S/c11-5-2-1-3-6(4-5)15-8(12)7(14-17)9(16)13-10(15)18/h1-4H,12H2,(H,13,16,18). The van der Waals surface area contributed by atoms with Crippen molar-refractivity contribution < 1.29 is 0 Å². The average Bonchev–Trinajstić information content (AvgIpc) is 2.28. The van der Waals surface area contributed by atoms with Crippen molar-refractivity contribution in [3.63, 3.8) is 0 Å². The summed E-state index contributed by atoms with van der Waals surface area (Å²) in [6.07, 6.45) is 0. The van der Waals surface area contributed by atoms with Gasteiger partial charge in [-0.15, -0.1) is 4.91 Å². The molecule has 0 spiro atoms. The van der Waals surface area contributed by atoms with Crippen molar-refractivity contribution in [2.24, 2.45) is 5.18 Å². The van der Waals surface area contributed by atoms with Gasteiger partial charge >= 0.3 is 0 Å². The van der Waals surface area contributed by atoms with Gasteiger partial charge in [0, 0.05) is 5.02 Å². The molecule has 0 fully saturated rings. The van der Waals surface area contributed by atoms with E-state index in [0.717, 1.165) is 0 Å². The number of rotatable bonds is 2. The largest absolute Gasteiger partial charge is 0.383 e. The Morgan fingerprint density at radius 2 is 2.17 bits per heavy atom. The summed E-state index contributed by atoms with van der Waals surface area (Å²) in [5.41, 5.74) is 5.12. The topological polar surface area (TPSA) is 93.2 Å². The molecule has 0 aliphatic carbocycles. The Kier molecular flexibility index (Phi) is 3.26. The number of nitrogen functional groups attached to an aromatic ring is 1. The second kappa shape index (κ2) is 4.71. The summed E-state index contributed by atoms with van der Waals surface area (Å²) >= 11 is 10.9. The minimum Gasteiger partial charge on any atom is -0.383 e. The molecule has 0 atom stereocenters. The number of hydrogen-bond acceptors (Lipinski definition) is 5. The molecule has 0 aliphatic heterocycles. The van der Waals surface area contributed by atoms with Gasteiger partial charge in [0.25, 0.3) is 5.56 Å². The summed E-state index contributed by atoms with van der Waals surface area (Å²) in [6.45, 7) is 0. The molecule has 2 aromatic rings. The zero-order valence-corrected chi connectivity index (χ0v) is 10.5. The van der Waals surface area contributed by atoms with Crippen LogP contribution in [0.15, 0.2) is 34.2 Å². The number of aromatic nitrogens is 2. The fraction of sp³-hybridized carbons (Fsp3) is 0. The van der Waals surface area contributed by atoms with Crippen molar-refractivity contribution in [2.45, 2.75) is 0 Å². The first-order valence-corrected chi connectivity index (χ1v) is 5.57. The van der Waals surface area contributed by atoms with Gasteiger partial charge in [-0.25, -0.2) is 0 Å². The van der Waals surface area contributed by atoms with E-state index in [1.54, 1.807) is 24.3 Å². The van der Waals surface area contributed by atoms with Gasteiger partial charge in [0.2, 0.25) is 5.69 Å². The Hall–Kier alpha value is -1.99. The summed E-state index contributed by atoms with van der Waals surface area (Å²) in [5.74, 6) is -0.124. The van der Waals surface area contributed by atoms with Gasteiger partial charge in [-0.3, -0.25) is 14.3 Å². The number of nitrogens with one attached hydrogen (secondary N) is 1. The molecule has 0 saturated heterocycles. The molecule has 0 saturated carbocycles. The normalized spacial score (nSPS) is 10.3. The van der Waals surface area contributed by atoms with E-state index in [2.05, 4.69) is 10.2 Å². The van der Waals surface area contributed by atoms with E-state index >= 15 is 0 Å². The zero-order chi connectivity index (χ0) is 13.3. The van der Waals surface area contributed by atoms with Gasteiger partial charge in [-0.2, -0.15) is 0 Å². The predicted molar refractivity (Wildman–Crippen MR) is 72.1 cm³/mol. The van der Waals surface area contributed by atoms with Crippen LogP contribution >= 0.6 is 23.8 Å². The Bertz CT molecular complexity index is 737. The Morgan fingerprint density at radius 3 is 2.78 bits per heavy atom. The highest BCUT2D eigenvalue weighted by Crippen LogP contribution is 2.22. The molecule has 8 heteroatoms. The SMILES string of the molecule is Nc1c(N=O)c(=O)[nH]c(=S)n1-c1cccc(Cl)c1. The second-order valence-electron chi connectivity index (χ2n) is 3.40. The van der Waals surface area contributed by atoms with Gasteiger partial charge in [0.1, 0.15) is 5.82 Å². The first kappa shape index (κ1) is 12.5. The number of nitroso groups, excluding NO2 is 1. The van der Waals surface area contributed by atoms with Crippen molar-refractivity contribution >= 4 is 35.3 Å². The number of benzene rings is 1. The molecule has 3 N–H and O–H groups in total. The summed E-state index contributed by atoms with van der Waals surface area (Å²) in [5, 5.41) is 3.07. The van der Waals surface area contributed by atoms with Crippen LogP contribution in [0.4, 0.5) is 11.5 Å². The lowest BCUT2D eigenvalue weighted by Crippen LogP contribution is -2.16. The van der Waals surface area contributed by atoms with E-state index in [-0.39, 0.29) is 10.6 Å². The van der Waals surface area contributed by atoms with E-state index in [1.807, 2.05) is 0 Å². The number of aromatic amines is 1. The Balaban J connectivity index is 2.84. The van der Waals surface area contributed by atoms with Crippen LogP contribution in [0.3, 0.4) is 0 Å². The lowest BCUT2D eigenvalue weighted by molar-refractivity contribution is 0.949. The fourth-order valence-corrected chi connectivity index (χ4v) is 1.98. The van der Waals surface area contributed by atoms with Crippen LogP contribution in [0.2, 0.25) is 5.02 Å². The molecule has 0 amide bonds. The third kappa shape index (κ3) is 2.05. The first-order chi connectivity index (χ1) is 8.54. The quantitative estimate of drug-likeness (QED) is 0.654. The van der Waals surface area contributed by atoms with Crippen LogP contribution in [-0.2, 0) is 0 Å². The van der Waals surface area contributed by atoms with Crippen molar-refractivity contribution in [3.8, 4) is 5.69 Å². The lowest BCUT2D eigenvalue weighted by atomic mass is 10.3. The van der Waals surface area contributed by atoms with Crippen LogP contribution in [0.5, 0.6) is 0 Å².